The van der Waals surface area contributed by atoms with Crippen LogP contribution in [-0.2, 0) is 0 Å². The fourth-order valence-electron chi connectivity index (χ4n) is 1.00. The lowest BCUT2D eigenvalue weighted by Crippen LogP contribution is -2.02. The molecule has 70 valence electrons. The molecule has 3 N–H and O–H groups in total. The number of hydrogen-bond acceptors (Lipinski definition) is 2. The molecule has 0 aromatic heterocycles. The van der Waals surface area contributed by atoms with E-state index in [0.717, 1.165) is 29.1 Å². The number of hydrogen-bond donors (Lipinski definition) is 2. The van der Waals surface area contributed by atoms with Crippen molar-refractivity contribution in [3.63, 3.8) is 0 Å². The van der Waals surface area contributed by atoms with Gasteiger partial charge in [-0.15, -0.1) is 0 Å². The van der Waals surface area contributed by atoms with Crippen LogP contribution < -0.4 is 11.1 Å². The standard InChI is InChI=1S/C11H16N2/c1-8(2)7-13-10-5-4-9(3)11(12)6-10/h4-6,13H,1,7,12H2,2-3H3. The van der Waals surface area contributed by atoms with Gasteiger partial charge in [0.1, 0.15) is 0 Å². The zero-order valence-corrected chi connectivity index (χ0v) is 8.22. The molecule has 2 nitrogen and oxygen atoms in total. The Morgan fingerprint density at radius 2 is 2.23 bits per heavy atom. The maximum atomic E-state index is 5.76. The summed E-state index contributed by atoms with van der Waals surface area (Å²) < 4.78 is 0. The van der Waals surface area contributed by atoms with E-state index in [1.807, 2.05) is 32.0 Å². The van der Waals surface area contributed by atoms with Crippen molar-refractivity contribution in [1.82, 2.24) is 0 Å². The van der Waals surface area contributed by atoms with E-state index < -0.39 is 0 Å². The second kappa shape index (κ2) is 3.99. The molecular weight excluding hydrogens is 160 g/mol. The molecule has 0 aliphatic rings. The van der Waals surface area contributed by atoms with E-state index in [0.29, 0.717) is 0 Å². The summed E-state index contributed by atoms with van der Waals surface area (Å²) in [7, 11) is 0. The zero-order valence-electron chi connectivity index (χ0n) is 8.22. The van der Waals surface area contributed by atoms with Crippen molar-refractivity contribution in [3.8, 4) is 0 Å². The fourth-order valence-corrected chi connectivity index (χ4v) is 1.00. The van der Waals surface area contributed by atoms with Crippen molar-refractivity contribution in [2.75, 3.05) is 17.6 Å². The first-order valence-electron chi connectivity index (χ1n) is 4.34. The van der Waals surface area contributed by atoms with E-state index in [1.165, 1.54) is 0 Å². The van der Waals surface area contributed by atoms with Gasteiger partial charge in [-0.3, -0.25) is 0 Å². The molecular formula is C11H16N2. The Labute approximate surface area is 79.5 Å². The van der Waals surface area contributed by atoms with Crippen LogP contribution in [0.4, 0.5) is 11.4 Å². The van der Waals surface area contributed by atoms with Crippen molar-refractivity contribution in [2.45, 2.75) is 13.8 Å². The Morgan fingerprint density at radius 3 is 2.77 bits per heavy atom. The highest BCUT2D eigenvalue weighted by Crippen LogP contribution is 2.16. The van der Waals surface area contributed by atoms with Crippen LogP contribution in [0.2, 0.25) is 0 Å². The van der Waals surface area contributed by atoms with Crippen LogP contribution in [0.1, 0.15) is 12.5 Å². The van der Waals surface area contributed by atoms with Crippen LogP contribution >= 0.6 is 0 Å². The molecule has 0 atom stereocenters. The fraction of sp³-hybridized carbons (Fsp3) is 0.273. The highest BCUT2D eigenvalue weighted by molar-refractivity contribution is 5.58. The number of benzene rings is 1. The van der Waals surface area contributed by atoms with Gasteiger partial charge in [0.25, 0.3) is 0 Å². The summed E-state index contributed by atoms with van der Waals surface area (Å²) in [5.41, 5.74) is 9.86. The summed E-state index contributed by atoms with van der Waals surface area (Å²) >= 11 is 0. The number of nitrogens with one attached hydrogen (secondary N) is 1. The normalized spacial score (nSPS) is 9.69. The smallest absolute Gasteiger partial charge is 0.0364 e. The average molecular weight is 176 g/mol. The van der Waals surface area contributed by atoms with Crippen LogP contribution in [0.25, 0.3) is 0 Å². The predicted octanol–water partition coefficient (Wildman–Crippen LogP) is 2.57. The summed E-state index contributed by atoms with van der Waals surface area (Å²) in [6.07, 6.45) is 0. The number of rotatable bonds is 3. The molecule has 0 amide bonds. The maximum Gasteiger partial charge on any atom is 0.0364 e. The zero-order chi connectivity index (χ0) is 9.84. The lowest BCUT2D eigenvalue weighted by atomic mass is 10.2. The monoisotopic (exact) mass is 176 g/mol. The van der Waals surface area contributed by atoms with Gasteiger partial charge < -0.3 is 11.1 Å². The lowest BCUT2D eigenvalue weighted by molar-refractivity contribution is 1.21. The first-order chi connectivity index (χ1) is 6.09. The Hall–Kier alpha value is -1.44. The predicted molar refractivity (Wildman–Crippen MR) is 58.9 cm³/mol. The van der Waals surface area contributed by atoms with E-state index >= 15 is 0 Å². The van der Waals surface area contributed by atoms with E-state index in [4.69, 9.17) is 5.73 Å². The van der Waals surface area contributed by atoms with Crippen molar-refractivity contribution in [2.24, 2.45) is 0 Å². The minimum Gasteiger partial charge on any atom is -0.398 e. The van der Waals surface area contributed by atoms with Crippen molar-refractivity contribution >= 4 is 11.4 Å². The highest BCUT2D eigenvalue weighted by atomic mass is 14.9. The average Bonchev–Trinajstić information content (AvgIpc) is 2.07. The second-order valence-electron chi connectivity index (χ2n) is 3.38. The third kappa shape index (κ3) is 2.82. The molecule has 0 saturated carbocycles. The van der Waals surface area contributed by atoms with Gasteiger partial charge in [0.15, 0.2) is 0 Å². The molecule has 0 spiro atoms. The van der Waals surface area contributed by atoms with Crippen LogP contribution in [0.5, 0.6) is 0 Å². The van der Waals surface area contributed by atoms with Crippen LogP contribution in [0.3, 0.4) is 0 Å². The lowest BCUT2D eigenvalue weighted by Gasteiger charge is -2.07. The molecule has 0 aliphatic heterocycles. The molecule has 0 aliphatic carbocycles. The third-order valence-corrected chi connectivity index (χ3v) is 1.87. The molecule has 0 radical (unpaired) electrons. The third-order valence-electron chi connectivity index (χ3n) is 1.87. The van der Waals surface area contributed by atoms with Gasteiger partial charge in [0, 0.05) is 17.9 Å². The quantitative estimate of drug-likeness (QED) is 0.548. The molecule has 13 heavy (non-hydrogen) atoms. The Morgan fingerprint density at radius 1 is 1.54 bits per heavy atom. The van der Waals surface area contributed by atoms with Crippen LogP contribution in [-0.4, -0.2) is 6.54 Å². The second-order valence-corrected chi connectivity index (χ2v) is 3.38. The van der Waals surface area contributed by atoms with Crippen LogP contribution in [0, 0.1) is 6.92 Å². The van der Waals surface area contributed by atoms with Gasteiger partial charge in [0.2, 0.25) is 0 Å². The molecule has 1 aromatic rings. The van der Waals surface area contributed by atoms with Gasteiger partial charge >= 0.3 is 0 Å². The summed E-state index contributed by atoms with van der Waals surface area (Å²) in [6, 6.07) is 5.98. The van der Waals surface area contributed by atoms with E-state index in [2.05, 4.69) is 11.9 Å². The summed E-state index contributed by atoms with van der Waals surface area (Å²) in [6.45, 7) is 8.60. The molecule has 1 rings (SSSR count). The Kier molecular flexibility index (Phi) is 2.96. The number of aryl methyl sites for hydroxylation is 1. The molecule has 1 aromatic carbocycles. The van der Waals surface area contributed by atoms with E-state index in [9.17, 15) is 0 Å². The largest absolute Gasteiger partial charge is 0.398 e. The van der Waals surface area contributed by atoms with Crippen LogP contribution in [0.15, 0.2) is 30.4 Å². The van der Waals surface area contributed by atoms with E-state index in [1.54, 1.807) is 0 Å². The molecule has 0 fully saturated rings. The SMILES string of the molecule is C=C(C)CNc1ccc(C)c(N)c1. The molecule has 0 bridgehead atoms. The summed E-state index contributed by atoms with van der Waals surface area (Å²) in [4.78, 5) is 0. The topological polar surface area (TPSA) is 38.0 Å². The van der Waals surface area contributed by atoms with Gasteiger partial charge in [-0.1, -0.05) is 18.2 Å². The minimum absolute atomic E-state index is 0.794. The number of nitrogens with two attached hydrogens (primary N) is 1. The Bertz CT molecular complexity index is 316. The van der Waals surface area contributed by atoms with Gasteiger partial charge in [-0.2, -0.15) is 0 Å². The van der Waals surface area contributed by atoms with Gasteiger partial charge in [0.05, 0.1) is 0 Å². The number of nitrogen functional groups attached to an aromatic ring is 1. The first kappa shape index (κ1) is 9.65. The molecule has 0 heterocycles. The van der Waals surface area contributed by atoms with Gasteiger partial charge in [-0.05, 0) is 31.5 Å². The van der Waals surface area contributed by atoms with E-state index in [-0.39, 0.29) is 0 Å². The highest BCUT2D eigenvalue weighted by Gasteiger charge is 1.95. The van der Waals surface area contributed by atoms with Crippen molar-refractivity contribution < 1.29 is 0 Å². The summed E-state index contributed by atoms with van der Waals surface area (Å²) in [5.74, 6) is 0. The first-order valence-corrected chi connectivity index (χ1v) is 4.34. The van der Waals surface area contributed by atoms with Crippen molar-refractivity contribution in [3.05, 3.63) is 35.9 Å². The Balaban J connectivity index is 2.68. The van der Waals surface area contributed by atoms with Crippen molar-refractivity contribution in [1.29, 1.82) is 0 Å². The minimum atomic E-state index is 0.794. The summed E-state index contributed by atoms with van der Waals surface area (Å²) in [5, 5.41) is 3.23. The molecule has 0 unspecified atom stereocenters. The number of anilines is 2. The molecule has 2 heteroatoms. The maximum absolute atomic E-state index is 5.76. The molecule has 0 saturated heterocycles. The van der Waals surface area contributed by atoms with Gasteiger partial charge in [-0.25, -0.2) is 0 Å².